The van der Waals surface area contributed by atoms with Gasteiger partial charge in [-0.05, 0) is 90.6 Å². The molecule has 1 fully saturated rings. The standard InChI is InChI=1S/C32H38F2N4O8/c1-17(2)43-29(40)22-9-7-8-21(37-22)27(39)35-15-23-26(18(3)36-31(41)46-32(4,5)6)45-28(38-23)20-12-13-24(44-30(33)34)25(14-20)42-16-19-10-11-19/h7-9,12-14,17-19,30H,10-11,15-16H2,1-6H3,(H,35,39)(H,36,41). The van der Waals surface area contributed by atoms with Crippen LogP contribution >= 0.6 is 0 Å². The smallest absolute Gasteiger partial charge is 0.408 e. The van der Waals surface area contributed by atoms with Crippen LogP contribution in [0.3, 0.4) is 0 Å². The second kappa shape index (κ2) is 14.6. The van der Waals surface area contributed by atoms with Crippen molar-refractivity contribution in [3.63, 3.8) is 0 Å². The van der Waals surface area contributed by atoms with Gasteiger partial charge in [0.15, 0.2) is 17.3 Å². The van der Waals surface area contributed by atoms with Gasteiger partial charge in [-0.15, -0.1) is 0 Å². The van der Waals surface area contributed by atoms with Crippen LogP contribution in [0.5, 0.6) is 11.5 Å². The zero-order chi connectivity index (χ0) is 33.6. The van der Waals surface area contributed by atoms with Gasteiger partial charge in [0.1, 0.15) is 22.7 Å². The molecule has 0 bridgehead atoms. The van der Waals surface area contributed by atoms with E-state index in [9.17, 15) is 23.2 Å². The largest absolute Gasteiger partial charge is 0.489 e. The van der Waals surface area contributed by atoms with Gasteiger partial charge in [-0.1, -0.05) is 6.07 Å². The van der Waals surface area contributed by atoms with E-state index in [1.54, 1.807) is 41.5 Å². The minimum atomic E-state index is -3.05. The molecule has 0 aliphatic heterocycles. The zero-order valence-electron chi connectivity index (χ0n) is 26.5. The van der Waals surface area contributed by atoms with E-state index in [0.717, 1.165) is 12.8 Å². The maximum absolute atomic E-state index is 13.1. The van der Waals surface area contributed by atoms with Gasteiger partial charge in [0.2, 0.25) is 5.89 Å². The highest BCUT2D eigenvalue weighted by Crippen LogP contribution is 2.37. The molecule has 46 heavy (non-hydrogen) atoms. The molecule has 248 valence electrons. The average molecular weight is 645 g/mol. The van der Waals surface area contributed by atoms with Gasteiger partial charge in [-0.25, -0.2) is 19.6 Å². The first-order valence-electron chi connectivity index (χ1n) is 14.9. The molecular formula is C32H38F2N4O8. The van der Waals surface area contributed by atoms with Crippen molar-refractivity contribution in [1.29, 1.82) is 0 Å². The summed E-state index contributed by atoms with van der Waals surface area (Å²) in [6.45, 7) is 7.36. The van der Waals surface area contributed by atoms with E-state index >= 15 is 0 Å². The molecule has 0 radical (unpaired) electrons. The number of nitrogens with one attached hydrogen (secondary N) is 2. The highest BCUT2D eigenvalue weighted by atomic mass is 19.3. The van der Waals surface area contributed by atoms with Gasteiger partial charge in [-0.3, -0.25) is 4.79 Å². The normalized spacial score (nSPS) is 13.7. The lowest BCUT2D eigenvalue weighted by atomic mass is 10.2. The van der Waals surface area contributed by atoms with Crippen LogP contribution in [0.2, 0.25) is 0 Å². The predicted octanol–water partition coefficient (Wildman–Crippen LogP) is 6.21. The summed E-state index contributed by atoms with van der Waals surface area (Å²) in [5.74, 6) is -0.674. The summed E-state index contributed by atoms with van der Waals surface area (Å²) < 4.78 is 53.1. The molecule has 1 atom stereocenters. The molecule has 12 nitrogen and oxygen atoms in total. The number of ether oxygens (including phenoxy) is 4. The number of carbonyl (C=O) groups is 3. The Hall–Kier alpha value is -4.75. The van der Waals surface area contributed by atoms with Crippen LogP contribution in [0.1, 0.15) is 92.9 Å². The Morgan fingerprint density at radius 2 is 1.74 bits per heavy atom. The molecule has 14 heteroatoms. The van der Waals surface area contributed by atoms with Crippen LogP contribution in [0.15, 0.2) is 40.8 Å². The van der Waals surface area contributed by atoms with Crippen molar-refractivity contribution in [2.45, 2.75) is 85.3 Å². The Bertz CT molecular complexity index is 1550. The quantitative estimate of drug-likeness (QED) is 0.206. The number of benzene rings is 1. The van der Waals surface area contributed by atoms with Crippen molar-refractivity contribution < 1.29 is 46.5 Å². The fourth-order valence-electron chi connectivity index (χ4n) is 4.15. The third-order valence-corrected chi connectivity index (χ3v) is 6.38. The summed E-state index contributed by atoms with van der Waals surface area (Å²) in [6.07, 6.45) is 0.920. The van der Waals surface area contributed by atoms with Crippen LogP contribution in [0.25, 0.3) is 11.5 Å². The summed E-state index contributed by atoms with van der Waals surface area (Å²) >= 11 is 0. The highest BCUT2D eigenvalue weighted by Gasteiger charge is 2.27. The maximum atomic E-state index is 13.1. The molecule has 4 rings (SSSR count). The summed E-state index contributed by atoms with van der Waals surface area (Å²) in [4.78, 5) is 46.5. The summed E-state index contributed by atoms with van der Waals surface area (Å²) in [6, 6.07) is 7.92. The number of aromatic nitrogens is 2. The van der Waals surface area contributed by atoms with E-state index in [4.69, 9.17) is 18.6 Å². The van der Waals surface area contributed by atoms with Crippen molar-refractivity contribution >= 4 is 18.0 Å². The van der Waals surface area contributed by atoms with Crippen molar-refractivity contribution in [3.8, 4) is 23.0 Å². The van der Waals surface area contributed by atoms with Crippen molar-refractivity contribution in [2.24, 2.45) is 5.92 Å². The zero-order valence-corrected chi connectivity index (χ0v) is 26.5. The number of hydrogen-bond acceptors (Lipinski definition) is 10. The lowest BCUT2D eigenvalue weighted by molar-refractivity contribution is -0.0515. The molecule has 2 N–H and O–H groups in total. The Kier molecular flexibility index (Phi) is 10.8. The van der Waals surface area contributed by atoms with E-state index in [1.807, 2.05) is 0 Å². The SMILES string of the molecule is CC(C)OC(=O)c1cccc(C(=O)NCc2nc(-c3ccc(OC(F)F)c(OCC4CC4)c3)oc2C(C)NC(=O)OC(C)(C)C)n1. The first-order chi connectivity index (χ1) is 21.7. The highest BCUT2D eigenvalue weighted by molar-refractivity contribution is 5.94. The van der Waals surface area contributed by atoms with Crippen molar-refractivity contribution in [1.82, 2.24) is 20.6 Å². The van der Waals surface area contributed by atoms with Gasteiger partial charge in [-0.2, -0.15) is 8.78 Å². The van der Waals surface area contributed by atoms with Gasteiger partial charge >= 0.3 is 18.7 Å². The van der Waals surface area contributed by atoms with Gasteiger partial charge < -0.3 is 34.0 Å². The number of rotatable bonds is 13. The fraction of sp³-hybridized carbons (Fsp3) is 0.469. The average Bonchev–Trinajstić information content (AvgIpc) is 3.70. The summed E-state index contributed by atoms with van der Waals surface area (Å²) in [5, 5.41) is 5.40. The van der Waals surface area contributed by atoms with Gasteiger partial charge in [0.05, 0.1) is 25.3 Å². The van der Waals surface area contributed by atoms with Crippen LogP contribution in [-0.4, -0.2) is 52.9 Å². The van der Waals surface area contributed by atoms with Gasteiger partial charge in [0, 0.05) is 5.56 Å². The molecule has 3 aromatic rings. The Morgan fingerprint density at radius 1 is 1.02 bits per heavy atom. The lowest BCUT2D eigenvalue weighted by Gasteiger charge is -2.21. The molecular weight excluding hydrogens is 606 g/mol. The Labute approximate surface area is 265 Å². The number of amides is 2. The molecule has 1 aliphatic carbocycles. The lowest BCUT2D eigenvalue weighted by Crippen LogP contribution is -2.34. The minimum absolute atomic E-state index is 0.0279. The molecule has 0 saturated heterocycles. The van der Waals surface area contributed by atoms with Crippen LogP contribution in [0.4, 0.5) is 13.6 Å². The second-order valence-corrected chi connectivity index (χ2v) is 12.0. The van der Waals surface area contributed by atoms with Gasteiger partial charge in [0.25, 0.3) is 5.91 Å². The molecule has 0 spiro atoms. The summed E-state index contributed by atoms with van der Waals surface area (Å²) in [5.41, 5.74) is -0.172. The molecule has 1 aromatic carbocycles. The molecule has 1 aliphatic rings. The number of alkyl carbamates (subject to hydrolysis) is 1. The van der Waals surface area contributed by atoms with Crippen LogP contribution in [-0.2, 0) is 16.0 Å². The molecule has 2 aromatic heterocycles. The molecule has 2 heterocycles. The number of oxazole rings is 1. The minimum Gasteiger partial charge on any atom is -0.489 e. The first kappa shape index (κ1) is 34.1. The number of pyridine rings is 1. The number of alkyl halides is 2. The Morgan fingerprint density at radius 3 is 2.39 bits per heavy atom. The van der Waals surface area contributed by atoms with E-state index < -0.39 is 36.2 Å². The van der Waals surface area contributed by atoms with Crippen LogP contribution < -0.4 is 20.1 Å². The number of halogens is 2. The number of nitrogens with zero attached hydrogens (tertiary/aromatic N) is 2. The topological polar surface area (TPSA) is 151 Å². The summed E-state index contributed by atoms with van der Waals surface area (Å²) in [7, 11) is 0. The van der Waals surface area contributed by atoms with E-state index in [2.05, 4.69) is 25.3 Å². The monoisotopic (exact) mass is 644 g/mol. The van der Waals surface area contributed by atoms with E-state index in [1.165, 1.54) is 36.4 Å². The third kappa shape index (κ3) is 9.88. The second-order valence-electron chi connectivity index (χ2n) is 12.0. The van der Waals surface area contributed by atoms with Crippen molar-refractivity contribution in [3.05, 3.63) is 59.2 Å². The predicted molar refractivity (Wildman–Crippen MR) is 161 cm³/mol. The van der Waals surface area contributed by atoms with E-state index in [0.29, 0.717) is 18.1 Å². The maximum Gasteiger partial charge on any atom is 0.408 e. The Balaban J connectivity index is 1.60. The first-order valence-corrected chi connectivity index (χ1v) is 14.9. The molecule has 1 unspecified atom stereocenters. The number of esters is 1. The fourth-order valence-corrected chi connectivity index (χ4v) is 4.15. The van der Waals surface area contributed by atoms with Crippen molar-refractivity contribution in [2.75, 3.05) is 6.61 Å². The third-order valence-electron chi connectivity index (χ3n) is 6.38. The molecule has 1 saturated carbocycles. The van der Waals surface area contributed by atoms with Crippen LogP contribution in [0, 0.1) is 5.92 Å². The number of hydrogen-bond donors (Lipinski definition) is 2. The number of carbonyl (C=O) groups excluding carboxylic acids is 3. The van der Waals surface area contributed by atoms with E-state index in [-0.39, 0.29) is 52.9 Å². The molecule has 2 amide bonds.